The third-order valence-electron chi connectivity index (χ3n) is 3.23. The van der Waals surface area contributed by atoms with E-state index in [2.05, 4.69) is 24.1 Å². The number of aryl methyl sites for hydroxylation is 1. The molecule has 4 nitrogen and oxygen atoms in total. The lowest BCUT2D eigenvalue weighted by molar-refractivity contribution is 0.102. The molecule has 0 saturated heterocycles. The molecule has 2 N–H and O–H groups in total. The molecule has 1 aromatic heterocycles. The van der Waals surface area contributed by atoms with Crippen molar-refractivity contribution >= 4 is 11.6 Å². The monoisotopic (exact) mass is 270 g/mol. The quantitative estimate of drug-likeness (QED) is 0.900. The summed E-state index contributed by atoms with van der Waals surface area (Å²) in [5, 5.41) is 2.86. The summed E-state index contributed by atoms with van der Waals surface area (Å²) >= 11 is 0. The van der Waals surface area contributed by atoms with Crippen LogP contribution in [-0.4, -0.2) is 10.9 Å². The standard InChI is InChI=1S/C16H18N2O2/c1-10(2)12-7-4-6-11(3)14(12)18-16(20)13-8-5-9-17-15(13)19/h4-10H,1-3H3,(H,17,19)(H,18,20). The van der Waals surface area contributed by atoms with Gasteiger partial charge in [-0.2, -0.15) is 0 Å². The Kier molecular flexibility index (Phi) is 4.03. The topological polar surface area (TPSA) is 62.0 Å². The maximum atomic E-state index is 12.2. The number of carbonyl (C=O) groups excluding carboxylic acids is 1. The van der Waals surface area contributed by atoms with Gasteiger partial charge in [0.2, 0.25) is 0 Å². The fourth-order valence-corrected chi connectivity index (χ4v) is 2.12. The molecular formula is C16H18N2O2. The number of para-hydroxylation sites is 1. The Hall–Kier alpha value is -2.36. The van der Waals surface area contributed by atoms with E-state index < -0.39 is 0 Å². The summed E-state index contributed by atoms with van der Waals surface area (Å²) < 4.78 is 0. The van der Waals surface area contributed by atoms with E-state index >= 15 is 0 Å². The molecule has 1 amide bonds. The minimum absolute atomic E-state index is 0.116. The average Bonchev–Trinajstić information content (AvgIpc) is 2.41. The van der Waals surface area contributed by atoms with Crippen molar-refractivity contribution in [3.63, 3.8) is 0 Å². The Morgan fingerprint density at radius 1 is 1.20 bits per heavy atom. The number of hydrogen-bond acceptors (Lipinski definition) is 2. The van der Waals surface area contributed by atoms with Gasteiger partial charge < -0.3 is 10.3 Å². The highest BCUT2D eigenvalue weighted by molar-refractivity contribution is 6.04. The van der Waals surface area contributed by atoms with E-state index in [4.69, 9.17) is 0 Å². The van der Waals surface area contributed by atoms with E-state index in [9.17, 15) is 9.59 Å². The second-order valence-electron chi connectivity index (χ2n) is 5.06. The van der Waals surface area contributed by atoms with E-state index in [1.54, 1.807) is 6.07 Å². The molecule has 2 aromatic rings. The van der Waals surface area contributed by atoms with Gasteiger partial charge in [-0.15, -0.1) is 0 Å². The van der Waals surface area contributed by atoms with Crippen LogP contribution in [0, 0.1) is 6.92 Å². The summed E-state index contributed by atoms with van der Waals surface area (Å²) in [5.74, 6) is -0.0951. The van der Waals surface area contributed by atoms with Gasteiger partial charge >= 0.3 is 0 Å². The fourth-order valence-electron chi connectivity index (χ4n) is 2.12. The number of amides is 1. The van der Waals surface area contributed by atoms with Gasteiger partial charge in [-0.05, 0) is 36.1 Å². The summed E-state index contributed by atoms with van der Waals surface area (Å²) in [5.41, 5.74) is 2.56. The summed E-state index contributed by atoms with van der Waals surface area (Å²) in [4.78, 5) is 26.4. The minimum Gasteiger partial charge on any atom is -0.328 e. The van der Waals surface area contributed by atoms with Gasteiger partial charge in [0.15, 0.2) is 0 Å². The number of nitrogens with one attached hydrogen (secondary N) is 2. The largest absolute Gasteiger partial charge is 0.328 e. The second-order valence-corrected chi connectivity index (χ2v) is 5.06. The zero-order valence-electron chi connectivity index (χ0n) is 11.9. The molecule has 1 heterocycles. The van der Waals surface area contributed by atoms with Crippen molar-refractivity contribution in [2.75, 3.05) is 5.32 Å². The lowest BCUT2D eigenvalue weighted by Crippen LogP contribution is -2.23. The molecule has 104 valence electrons. The SMILES string of the molecule is Cc1cccc(C(C)C)c1NC(=O)c1ccc[nH]c1=O. The normalized spacial score (nSPS) is 10.6. The van der Waals surface area contributed by atoms with Gasteiger partial charge in [0.25, 0.3) is 11.5 Å². The first-order valence-corrected chi connectivity index (χ1v) is 6.59. The third-order valence-corrected chi connectivity index (χ3v) is 3.23. The van der Waals surface area contributed by atoms with Crippen LogP contribution < -0.4 is 10.9 Å². The smallest absolute Gasteiger partial charge is 0.261 e. The number of carbonyl (C=O) groups is 1. The molecule has 0 bridgehead atoms. The van der Waals surface area contributed by atoms with Crippen LogP contribution in [0.15, 0.2) is 41.3 Å². The molecule has 0 atom stereocenters. The first-order valence-electron chi connectivity index (χ1n) is 6.59. The summed E-state index contributed by atoms with van der Waals surface area (Å²) in [6, 6.07) is 9.05. The van der Waals surface area contributed by atoms with Crippen molar-refractivity contribution in [3.05, 3.63) is 63.6 Å². The van der Waals surface area contributed by atoms with Crippen LogP contribution in [0.25, 0.3) is 0 Å². The van der Waals surface area contributed by atoms with Gasteiger partial charge in [-0.3, -0.25) is 9.59 Å². The lowest BCUT2D eigenvalue weighted by atomic mass is 9.98. The van der Waals surface area contributed by atoms with Crippen LogP contribution in [0.4, 0.5) is 5.69 Å². The van der Waals surface area contributed by atoms with Gasteiger partial charge in [0.05, 0.1) is 0 Å². The Bertz CT molecular complexity index is 687. The zero-order chi connectivity index (χ0) is 14.7. The highest BCUT2D eigenvalue weighted by Crippen LogP contribution is 2.27. The number of pyridine rings is 1. The van der Waals surface area contributed by atoms with Crippen molar-refractivity contribution in [2.45, 2.75) is 26.7 Å². The molecule has 0 fully saturated rings. The summed E-state index contributed by atoms with van der Waals surface area (Å²) in [6.45, 7) is 6.08. The zero-order valence-corrected chi connectivity index (χ0v) is 11.9. The van der Waals surface area contributed by atoms with Gasteiger partial charge in [-0.25, -0.2) is 0 Å². The summed E-state index contributed by atoms with van der Waals surface area (Å²) in [6.07, 6.45) is 1.51. The Morgan fingerprint density at radius 2 is 1.95 bits per heavy atom. The average molecular weight is 270 g/mol. The predicted molar refractivity (Wildman–Crippen MR) is 80.3 cm³/mol. The van der Waals surface area contributed by atoms with Crippen LogP contribution in [0.2, 0.25) is 0 Å². The number of benzene rings is 1. The van der Waals surface area contributed by atoms with Crippen molar-refractivity contribution < 1.29 is 4.79 Å². The second kappa shape index (κ2) is 5.74. The van der Waals surface area contributed by atoms with E-state index in [0.717, 1.165) is 16.8 Å². The number of anilines is 1. The number of rotatable bonds is 3. The lowest BCUT2D eigenvalue weighted by Gasteiger charge is -2.16. The molecule has 0 radical (unpaired) electrons. The van der Waals surface area contributed by atoms with Crippen LogP contribution in [0.3, 0.4) is 0 Å². The van der Waals surface area contributed by atoms with E-state index in [0.29, 0.717) is 5.92 Å². The number of aromatic nitrogens is 1. The number of aromatic amines is 1. The molecule has 2 rings (SSSR count). The summed E-state index contributed by atoms with van der Waals surface area (Å²) in [7, 11) is 0. The van der Waals surface area contributed by atoms with Gasteiger partial charge in [-0.1, -0.05) is 32.0 Å². The van der Waals surface area contributed by atoms with E-state index in [-0.39, 0.29) is 17.0 Å². The predicted octanol–water partition coefficient (Wildman–Crippen LogP) is 3.06. The molecule has 0 aliphatic carbocycles. The van der Waals surface area contributed by atoms with Crippen LogP contribution >= 0.6 is 0 Å². The van der Waals surface area contributed by atoms with Crippen molar-refractivity contribution in [1.29, 1.82) is 0 Å². The van der Waals surface area contributed by atoms with Crippen LogP contribution in [0.1, 0.15) is 41.3 Å². The molecule has 0 unspecified atom stereocenters. The molecule has 0 saturated carbocycles. The van der Waals surface area contributed by atoms with E-state index in [1.807, 2.05) is 25.1 Å². The molecule has 0 spiro atoms. The van der Waals surface area contributed by atoms with Crippen molar-refractivity contribution in [1.82, 2.24) is 4.98 Å². The fraction of sp³-hybridized carbons (Fsp3) is 0.250. The van der Waals surface area contributed by atoms with Crippen LogP contribution in [0.5, 0.6) is 0 Å². The highest BCUT2D eigenvalue weighted by Gasteiger charge is 2.15. The first-order chi connectivity index (χ1) is 9.50. The molecule has 4 heteroatoms. The first kappa shape index (κ1) is 14.1. The third kappa shape index (κ3) is 2.79. The maximum absolute atomic E-state index is 12.2. The maximum Gasteiger partial charge on any atom is 0.261 e. The Labute approximate surface area is 117 Å². The number of H-pyrrole nitrogens is 1. The molecular weight excluding hydrogens is 252 g/mol. The Balaban J connectivity index is 2.38. The molecule has 0 aliphatic rings. The number of hydrogen-bond donors (Lipinski definition) is 2. The van der Waals surface area contributed by atoms with Crippen molar-refractivity contribution in [2.24, 2.45) is 0 Å². The molecule has 20 heavy (non-hydrogen) atoms. The Morgan fingerprint density at radius 3 is 2.60 bits per heavy atom. The van der Waals surface area contributed by atoms with Crippen molar-refractivity contribution in [3.8, 4) is 0 Å². The van der Waals surface area contributed by atoms with Gasteiger partial charge in [0, 0.05) is 11.9 Å². The molecule has 0 aliphatic heterocycles. The van der Waals surface area contributed by atoms with Gasteiger partial charge in [0.1, 0.15) is 5.56 Å². The minimum atomic E-state index is -0.386. The highest BCUT2D eigenvalue weighted by atomic mass is 16.2. The van der Waals surface area contributed by atoms with E-state index in [1.165, 1.54) is 12.3 Å². The van der Waals surface area contributed by atoms with Crippen LogP contribution in [-0.2, 0) is 0 Å². The molecule has 1 aromatic carbocycles.